The largest absolute Gasteiger partial charge is 0.466 e. The van der Waals surface area contributed by atoms with Crippen LogP contribution in [-0.2, 0) is 14.3 Å². The van der Waals surface area contributed by atoms with Crippen molar-refractivity contribution >= 4 is 11.9 Å². The minimum Gasteiger partial charge on any atom is -0.466 e. The molecule has 0 heterocycles. The highest BCUT2D eigenvalue weighted by Crippen LogP contribution is 2.19. The lowest BCUT2D eigenvalue weighted by Gasteiger charge is -2.20. The molecule has 2 atom stereocenters. The van der Waals surface area contributed by atoms with Gasteiger partial charge < -0.3 is 20.3 Å². The van der Waals surface area contributed by atoms with Crippen molar-refractivity contribution in [3.8, 4) is 0 Å². The van der Waals surface area contributed by atoms with E-state index < -0.39 is 12.1 Å². The molecule has 0 aromatic rings. The summed E-state index contributed by atoms with van der Waals surface area (Å²) in [6.07, 6.45) is 86.9. The number of ether oxygens (including phenoxy) is 1. The van der Waals surface area contributed by atoms with E-state index in [4.69, 9.17) is 4.74 Å². The molecule has 0 aromatic heterocycles. The second-order valence-corrected chi connectivity index (χ2v) is 24.9. The van der Waals surface area contributed by atoms with Crippen LogP contribution in [0.1, 0.15) is 406 Å². The Morgan fingerprint density at radius 1 is 0.342 bits per heavy atom. The van der Waals surface area contributed by atoms with Gasteiger partial charge in [-0.15, -0.1) is 0 Å². The summed E-state index contributed by atoms with van der Waals surface area (Å²) in [4.78, 5) is 24.6. The molecule has 79 heavy (non-hydrogen) atoms. The molecule has 0 aliphatic carbocycles. The van der Waals surface area contributed by atoms with Crippen LogP contribution in [0.2, 0.25) is 0 Å². The number of nitrogens with one attached hydrogen (secondary N) is 1. The first kappa shape index (κ1) is 77.3. The predicted octanol–water partition coefficient (Wildman–Crippen LogP) is 23.3. The summed E-state index contributed by atoms with van der Waals surface area (Å²) >= 11 is 0. The first-order valence-electron chi connectivity index (χ1n) is 36.1. The zero-order valence-corrected chi connectivity index (χ0v) is 53.6. The quantitative estimate of drug-likeness (QED) is 0.0320. The maximum Gasteiger partial charge on any atom is 0.305 e. The van der Waals surface area contributed by atoms with Gasteiger partial charge in [-0.2, -0.15) is 0 Å². The van der Waals surface area contributed by atoms with E-state index in [1.54, 1.807) is 6.08 Å². The fraction of sp³-hybridized carbons (Fsp3) is 0.918. The third kappa shape index (κ3) is 65.4. The van der Waals surface area contributed by atoms with Crippen LogP contribution in [0.25, 0.3) is 0 Å². The lowest BCUT2D eigenvalue weighted by Crippen LogP contribution is -2.45. The van der Waals surface area contributed by atoms with Gasteiger partial charge in [-0.25, -0.2) is 0 Å². The number of allylic oxidation sites excluding steroid dienone is 3. The molecule has 6 nitrogen and oxygen atoms in total. The average molecular weight is 1110 g/mol. The van der Waals surface area contributed by atoms with Crippen LogP contribution in [0.4, 0.5) is 0 Å². The number of aliphatic hydroxyl groups excluding tert-OH is 2. The minimum absolute atomic E-state index is 0.0133. The number of hydrogen-bond acceptors (Lipinski definition) is 5. The van der Waals surface area contributed by atoms with Crippen molar-refractivity contribution < 1.29 is 24.5 Å². The van der Waals surface area contributed by atoms with Crippen LogP contribution in [0.3, 0.4) is 0 Å². The maximum absolute atomic E-state index is 12.5. The molecular formula is C73H141NO5. The number of carbonyl (C=O) groups is 2. The Balaban J connectivity index is 3.43. The standard InChI is InChI=1S/C73H141NO5/c1-3-5-7-9-11-13-15-17-19-20-21-22-23-24-25-28-31-34-38-41-45-49-53-57-61-65-71(76)70(69-75)74-72(77)66-62-58-54-50-46-42-39-35-32-29-26-27-30-33-36-40-44-48-52-56-60-64-68-79-73(78)67-63-59-55-51-47-43-37-18-16-14-12-10-8-6-4-2/h29,32,61,65,70-71,75-76H,3-28,30-31,33-60,62-64,66-69H2,1-2H3,(H,74,77)/b32-29-,65-61+. The Labute approximate surface area is 494 Å². The Kier molecular flexibility index (Phi) is 67.4. The van der Waals surface area contributed by atoms with Gasteiger partial charge in [-0.3, -0.25) is 9.59 Å². The summed E-state index contributed by atoms with van der Waals surface area (Å²) in [5.74, 6) is -0.0570. The Bertz CT molecular complexity index is 1230. The highest BCUT2D eigenvalue weighted by Gasteiger charge is 2.18. The van der Waals surface area contributed by atoms with Gasteiger partial charge in [0.2, 0.25) is 5.91 Å². The molecule has 468 valence electrons. The van der Waals surface area contributed by atoms with E-state index in [2.05, 4.69) is 31.3 Å². The first-order valence-corrected chi connectivity index (χ1v) is 36.1. The van der Waals surface area contributed by atoms with Crippen molar-refractivity contribution in [1.29, 1.82) is 0 Å². The van der Waals surface area contributed by atoms with E-state index in [0.717, 1.165) is 44.9 Å². The Morgan fingerprint density at radius 3 is 0.899 bits per heavy atom. The molecule has 0 saturated carbocycles. The molecule has 0 aliphatic rings. The molecule has 3 N–H and O–H groups in total. The Morgan fingerprint density at radius 2 is 0.595 bits per heavy atom. The molecular weight excluding hydrogens is 971 g/mol. The molecule has 0 bridgehead atoms. The van der Waals surface area contributed by atoms with Gasteiger partial charge in [0, 0.05) is 12.8 Å². The lowest BCUT2D eigenvalue weighted by molar-refractivity contribution is -0.143. The van der Waals surface area contributed by atoms with Crippen molar-refractivity contribution in [2.75, 3.05) is 13.2 Å². The van der Waals surface area contributed by atoms with Crippen LogP contribution in [-0.4, -0.2) is 47.4 Å². The van der Waals surface area contributed by atoms with Crippen molar-refractivity contribution in [1.82, 2.24) is 5.32 Å². The number of esters is 1. The van der Waals surface area contributed by atoms with E-state index in [0.29, 0.717) is 19.4 Å². The normalized spacial score (nSPS) is 12.6. The molecule has 0 saturated heterocycles. The van der Waals surface area contributed by atoms with Gasteiger partial charge in [0.15, 0.2) is 0 Å². The Hall–Kier alpha value is -1.66. The number of amides is 1. The summed E-state index contributed by atoms with van der Waals surface area (Å²) in [6.45, 7) is 4.94. The molecule has 2 unspecified atom stereocenters. The number of unbranched alkanes of at least 4 members (excludes halogenated alkanes) is 55. The fourth-order valence-corrected chi connectivity index (χ4v) is 11.5. The molecule has 0 aliphatic heterocycles. The second-order valence-electron chi connectivity index (χ2n) is 24.9. The van der Waals surface area contributed by atoms with Gasteiger partial charge in [-0.05, 0) is 57.8 Å². The number of aliphatic hydroxyl groups is 2. The van der Waals surface area contributed by atoms with E-state index in [1.807, 2.05) is 6.08 Å². The van der Waals surface area contributed by atoms with Gasteiger partial charge in [0.1, 0.15) is 0 Å². The van der Waals surface area contributed by atoms with Crippen molar-refractivity contribution in [3.05, 3.63) is 24.3 Å². The topological polar surface area (TPSA) is 95.9 Å². The van der Waals surface area contributed by atoms with Crippen LogP contribution in [0, 0.1) is 0 Å². The van der Waals surface area contributed by atoms with Crippen LogP contribution in [0.5, 0.6) is 0 Å². The van der Waals surface area contributed by atoms with Gasteiger partial charge in [0.05, 0.1) is 25.4 Å². The van der Waals surface area contributed by atoms with Gasteiger partial charge >= 0.3 is 5.97 Å². The summed E-state index contributed by atoms with van der Waals surface area (Å²) in [5, 5.41) is 23.3. The summed E-state index contributed by atoms with van der Waals surface area (Å²) < 4.78 is 5.50. The SMILES string of the molecule is CCCCCCCCCCCCCCCCCCCCCCCCC/C=C/C(O)C(CO)NC(=O)CCCCCCCCC/C=C\CCCCCCCCCCCCCOC(=O)CCCCCCCCCCCCCCCCC. The number of hydrogen-bond donors (Lipinski definition) is 3. The third-order valence-corrected chi connectivity index (χ3v) is 17.0. The third-order valence-electron chi connectivity index (χ3n) is 17.0. The van der Waals surface area contributed by atoms with Crippen molar-refractivity contribution in [3.63, 3.8) is 0 Å². The number of rotatable bonds is 68. The zero-order valence-electron chi connectivity index (χ0n) is 53.6. The van der Waals surface area contributed by atoms with Crippen molar-refractivity contribution in [2.24, 2.45) is 0 Å². The molecule has 1 amide bonds. The van der Waals surface area contributed by atoms with E-state index in [-0.39, 0.29) is 18.5 Å². The minimum atomic E-state index is -0.850. The molecule has 0 aromatic carbocycles. The highest BCUT2D eigenvalue weighted by atomic mass is 16.5. The van der Waals surface area contributed by atoms with Crippen LogP contribution >= 0.6 is 0 Å². The summed E-state index contributed by atoms with van der Waals surface area (Å²) in [6, 6.07) is -0.634. The molecule has 6 heteroatoms. The molecule has 0 radical (unpaired) electrons. The van der Waals surface area contributed by atoms with E-state index in [1.165, 1.54) is 334 Å². The van der Waals surface area contributed by atoms with Gasteiger partial charge in [-0.1, -0.05) is 359 Å². The molecule has 0 spiro atoms. The molecule has 0 fully saturated rings. The first-order chi connectivity index (χ1) is 39.0. The molecule has 0 rings (SSSR count). The van der Waals surface area contributed by atoms with Gasteiger partial charge in [0.25, 0.3) is 0 Å². The predicted molar refractivity (Wildman–Crippen MR) is 347 cm³/mol. The summed E-state index contributed by atoms with van der Waals surface area (Å²) in [5.41, 5.74) is 0. The van der Waals surface area contributed by atoms with Crippen LogP contribution in [0.15, 0.2) is 24.3 Å². The maximum atomic E-state index is 12.5. The van der Waals surface area contributed by atoms with E-state index in [9.17, 15) is 19.8 Å². The van der Waals surface area contributed by atoms with Crippen LogP contribution < -0.4 is 5.32 Å². The average Bonchev–Trinajstić information content (AvgIpc) is 3.45. The second kappa shape index (κ2) is 68.8. The number of carbonyl (C=O) groups excluding carboxylic acids is 2. The lowest BCUT2D eigenvalue weighted by atomic mass is 10.0. The monoisotopic (exact) mass is 1110 g/mol. The fourth-order valence-electron chi connectivity index (χ4n) is 11.5. The zero-order chi connectivity index (χ0) is 57.1. The highest BCUT2D eigenvalue weighted by molar-refractivity contribution is 5.76. The van der Waals surface area contributed by atoms with Crippen molar-refractivity contribution in [2.45, 2.75) is 418 Å². The van der Waals surface area contributed by atoms with E-state index >= 15 is 0 Å². The summed E-state index contributed by atoms with van der Waals surface area (Å²) in [7, 11) is 0. The smallest absolute Gasteiger partial charge is 0.305 e.